The number of hydrogen-bond acceptors (Lipinski definition) is 2. The molecule has 0 aliphatic carbocycles. The fourth-order valence-corrected chi connectivity index (χ4v) is 4.20. The van der Waals surface area contributed by atoms with E-state index >= 15 is 0 Å². The summed E-state index contributed by atoms with van der Waals surface area (Å²) < 4.78 is 2.57. The van der Waals surface area contributed by atoms with Gasteiger partial charge in [-0.05, 0) is 41.5 Å². The quantitative estimate of drug-likeness (QED) is 0.519. The van der Waals surface area contributed by atoms with Crippen molar-refractivity contribution in [1.82, 2.24) is 0 Å². The first-order chi connectivity index (χ1) is 9.78. The first-order valence-corrected chi connectivity index (χ1v) is 7.54. The molecular weight excluding hydrogens is 264 g/mol. The van der Waals surface area contributed by atoms with E-state index in [9.17, 15) is 5.11 Å². The Morgan fingerprint density at radius 1 is 1.00 bits per heavy atom. The van der Waals surface area contributed by atoms with Crippen LogP contribution < -0.4 is 0 Å². The molecule has 1 heterocycles. The van der Waals surface area contributed by atoms with Gasteiger partial charge in [-0.15, -0.1) is 11.3 Å². The van der Waals surface area contributed by atoms with Crippen molar-refractivity contribution >= 4 is 42.3 Å². The van der Waals surface area contributed by atoms with Crippen LogP contribution in [-0.4, -0.2) is 5.11 Å². The first-order valence-electron chi connectivity index (χ1n) is 6.72. The zero-order valence-electron chi connectivity index (χ0n) is 11.2. The molecule has 2 heteroatoms. The predicted molar refractivity (Wildman–Crippen MR) is 87.5 cm³/mol. The molecule has 20 heavy (non-hydrogen) atoms. The molecule has 1 nitrogen and oxygen atoms in total. The Morgan fingerprint density at radius 2 is 1.85 bits per heavy atom. The summed E-state index contributed by atoms with van der Waals surface area (Å²) in [6, 6.07) is 17.1. The second-order valence-electron chi connectivity index (χ2n) is 5.22. The third-order valence-corrected chi connectivity index (χ3v) is 5.07. The van der Waals surface area contributed by atoms with Gasteiger partial charge in [0, 0.05) is 20.2 Å². The highest BCUT2D eigenvalue weighted by Crippen LogP contribution is 2.40. The number of benzene rings is 3. The lowest BCUT2D eigenvalue weighted by Gasteiger charge is -2.05. The van der Waals surface area contributed by atoms with Crippen LogP contribution in [0.4, 0.5) is 0 Å². The van der Waals surface area contributed by atoms with Crippen molar-refractivity contribution in [3.8, 4) is 0 Å². The van der Waals surface area contributed by atoms with E-state index < -0.39 is 0 Å². The van der Waals surface area contributed by atoms with Crippen LogP contribution in [0.5, 0.6) is 0 Å². The topological polar surface area (TPSA) is 20.2 Å². The summed E-state index contributed by atoms with van der Waals surface area (Å²) in [5.41, 5.74) is 2.28. The molecule has 0 fully saturated rings. The second kappa shape index (κ2) is 4.30. The minimum atomic E-state index is 0.0844. The summed E-state index contributed by atoms with van der Waals surface area (Å²) in [6.45, 7) is 2.20. The van der Waals surface area contributed by atoms with Gasteiger partial charge in [-0.2, -0.15) is 0 Å². The Bertz CT molecular complexity index is 950. The van der Waals surface area contributed by atoms with Crippen LogP contribution in [0, 0.1) is 6.92 Å². The van der Waals surface area contributed by atoms with Gasteiger partial charge in [-0.3, -0.25) is 0 Å². The summed E-state index contributed by atoms with van der Waals surface area (Å²) in [7, 11) is 0. The van der Waals surface area contributed by atoms with E-state index in [2.05, 4.69) is 49.4 Å². The number of fused-ring (bicyclic) bond motifs is 5. The molecule has 1 N–H and O–H groups in total. The van der Waals surface area contributed by atoms with E-state index in [0.717, 1.165) is 5.56 Å². The highest BCUT2D eigenvalue weighted by Gasteiger charge is 2.12. The van der Waals surface area contributed by atoms with Crippen molar-refractivity contribution in [2.75, 3.05) is 0 Å². The fraction of sp³-hybridized carbons (Fsp3) is 0.111. The summed E-state index contributed by atoms with van der Waals surface area (Å²) in [4.78, 5) is 0. The molecule has 0 amide bonds. The lowest BCUT2D eigenvalue weighted by molar-refractivity contribution is 0.283. The van der Waals surface area contributed by atoms with Crippen LogP contribution in [0.2, 0.25) is 0 Å². The molecule has 0 aliphatic heterocycles. The van der Waals surface area contributed by atoms with Crippen LogP contribution in [0.3, 0.4) is 0 Å². The molecule has 4 rings (SSSR count). The maximum atomic E-state index is 9.75. The van der Waals surface area contributed by atoms with Crippen LogP contribution in [-0.2, 0) is 6.61 Å². The van der Waals surface area contributed by atoms with E-state index in [1.165, 1.54) is 36.5 Å². The number of aliphatic hydroxyl groups excluding tert-OH is 1. The Hall–Kier alpha value is -1.90. The second-order valence-corrected chi connectivity index (χ2v) is 6.27. The normalized spacial score (nSPS) is 11.7. The summed E-state index contributed by atoms with van der Waals surface area (Å²) in [5, 5.41) is 14.7. The van der Waals surface area contributed by atoms with Gasteiger partial charge in [-0.25, -0.2) is 0 Å². The maximum Gasteiger partial charge on any atom is 0.0688 e. The van der Waals surface area contributed by atoms with Gasteiger partial charge in [-0.1, -0.05) is 35.9 Å². The van der Waals surface area contributed by atoms with Crippen LogP contribution >= 0.6 is 11.3 Å². The average Bonchev–Trinajstić information content (AvgIpc) is 2.85. The van der Waals surface area contributed by atoms with Crippen LogP contribution in [0.25, 0.3) is 30.9 Å². The lowest BCUT2D eigenvalue weighted by Crippen LogP contribution is -1.85. The molecule has 0 atom stereocenters. The number of aliphatic hydroxyl groups is 1. The van der Waals surface area contributed by atoms with E-state index in [-0.39, 0.29) is 6.61 Å². The molecule has 0 saturated heterocycles. The third-order valence-electron chi connectivity index (χ3n) is 3.87. The van der Waals surface area contributed by atoms with E-state index in [0.29, 0.717) is 0 Å². The molecule has 1 aromatic heterocycles. The standard InChI is InChI=1S/C18H14OS/c1-11-6-7-16-15(8-11)17-13(10-19)9-12-4-2-3-5-14(12)18(17)20-16/h2-9,19H,10H2,1H3. The molecule has 3 aromatic carbocycles. The van der Waals surface area contributed by atoms with Crippen LogP contribution in [0.15, 0.2) is 48.5 Å². The first kappa shape index (κ1) is 11.9. The predicted octanol–water partition coefficient (Wildman–Crippen LogP) is 5.01. The summed E-state index contributed by atoms with van der Waals surface area (Å²) >= 11 is 1.82. The van der Waals surface area contributed by atoms with Gasteiger partial charge < -0.3 is 5.11 Å². The number of thiophene rings is 1. The smallest absolute Gasteiger partial charge is 0.0688 e. The molecule has 0 unspecified atom stereocenters. The molecule has 0 aliphatic rings. The molecule has 0 radical (unpaired) electrons. The van der Waals surface area contributed by atoms with E-state index in [1.54, 1.807) is 0 Å². The van der Waals surface area contributed by atoms with Crippen LogP contribution in [0.1, 0.15) is 11.1 Å². The van der Waals surface area contributed by atoms with Crippen molar-refractivity contribution in [2.45, 2.75) is 13.5 Å². The van der Waals surface area contributed by atoms with Crippen molar-refractivity contribution in [1.29, 1.82) is 0 Å². The van der Waals surface area contributed by atoms with Gasteiger partial charge >= 0.3 is 0 Å². The minimum Gasteiger partial charge on any atom is -0.392 e. The summed E-state index contributed by atoms with van der Waals surface area (Å²) in [5.74, 6) is 0. The van der Waals surface area contributed by atoms with Crippen molar-refractivity contribution in [3.63, 3.8) is 0 Å². The number of aryl methyl sites for hydroxylation is 1. The molecule has 4 aromatic rings. The molecule has 0 spiro atoms. The minimum absolute atomic E-state index is 0.0844. The number of rotatable bonds is 1. The highest BCUT2D eigenvalue weighted by atomic mass is 32.1. The third kappa shape index (κ3) is 1.59. The van der Waals surface area contributed by atoms with Crippen molar-refractivity contribution < 1.29 is 5.11 Å². The molecule has 0 saturated carbocycles. The Balaban J connectivity index is 2.32. The van der Waals surface area contributed by atoms with E-state index in [1.807, 2.05) is 17.4 Å². The van der Waals surface area contributed by atoms with Crippen molar-refractivity contribution in [3.05, 3.63) is 59.7 Å². The fourth-order valence-electron chi connectivity index (χ4n) is 2.93. The Morgan fingerprint density at radius 3 is 2.70 bits per heavy atom. The molecule has 98 valence electrons. The largest absolute Gasteiger partial charge is 0.392 e. The van der Waals surface area contributed by atoms with Gasteiger partial charge in [0.25, 0.3) is 0 Å². The van der Waals surface area contributed by atoms with Crippen molar-refractivity contribution in [2.24, 2.45) is 0 Å². The Kier molecular flexibility index (Phi) is 2.56. The van der Waals surface area contributed by atoms with E-state index in [4.69, 9.17) is 0 Å². The zero-order chi connectivity index (χ0) is 13.7. The SMILES string of the molecule is Cc1ccc2sc3c4ccccc4cc(CO)c3c2c1. The van der Waals surface area contributed by atoms with Gasteiger partial charge in [0.05, 0.1) is 6.61 Å². The molecular formula is C18H14OS. The lowest BCUT2D eigenvalue weighted by atomic mass is 10.0. The summed E-state index contributed by atoms with van der Waals surface area (Å²) in [6.07, 6.45) is 0. The zero-order valence-corrected chi connectivity index (χ0v) is 12.0. The highest BCUT2D eigenvalue weighted by molar-refractivity contribution is 7.26. The van der Waals surface area contributed by atoms with Gasteiger partial charge in [0.1, 0.15) is 0 Å². The average molecular weight is 278 g/mol. The maximum absolute atomic E-state index is 9.75. The van der Waals surface area contributed by atoms with Gasteiger partial charge in [0.2, 0.25) is 0 Å². The monoisotopic (exact) mass is 278 g/mol. The van der Waals surface area contributed by atoms with Gasteiger partial charge in [0.15, 0.2) is 0 Å². The molecule has 0 bridgehead atoms. The Labute approximate surface area is 121 Å². The number of hydrogen-bond donors (Lipinski definition) is 1.